The van der Waals surface area contributed by atoms with Gasteiger partial charge in [-0.2, -0.15) is 0 Å². The third-order valence-electron chi connectivity index (χ3n) is 3.75. The lowest BCUT2D eigenvalue weighted by Gasteiger charge is -2.21. The minimum Gasteiger partial charge on any atom is -0.467 e. The summed E-state index contributed by atoms with van der Waals surface area (Å²) in [4.78, 5) is 23.7. The van der Waals surface area contributed by atoms with Gasteiger partial charge in [-0.25, -0.2) is 4.79 Å². The third-order valence-corrected chi connectivity index (χ3v) is 3.75. The van der Waals surface area contributed by atoms with Crippen LogP contribution in [0.5, 0.6) is 0 Å². The van der Waals surface area contributed by atoms with Gasteiger partial charge in [0.25, 0.3) is 0 Å². The van der Waals surface area contributed by atoms with E-state index in [-0.39, 0.29) is 11.9 Å². The maximum atomic E-state index is 12.0. The van der Waals surface area contributed by atoms with Gasteiger partial charge in [0.2, 0.25) is 5.91 Å². The van der Waals surface area contributed by atoms with Crippen molar-refractivity contribution in [2.24, 2.45) is 23.5 Å². The van der Waals surface area contributed by atoms with Gasteiger partial charge in [0, 0.05) is 6.42 Å². The van der Waals surface area contributed by atoms with Gasteiger partial charge in [0.15, 0.2) is 0 Å². The molecule has 0 aromatic rings. The smallest absolute Gasteiger partial charge is 0.328 e. The molecule has 0 radical (unpaired) electrons. The number of rotatable bonds is 10. The van der Waals surface area contributed by atoms with Crippen LogP contribution in [-0.2, 0) is 14.3 Å². The van der Waals surface area contributed by atoms with E-state index in [0.29, 0.717) is 37.1 Å². The normalized spacial score (nSPS) is 14.1. The molecule has 0 bridgehead atoms. The minimum absolute atomic E-state index is 0.0891. The molecule has 5 nitrogen and oxygen atoms in total. The Balaban J connectivity index is 4.39. The van der Waals surface area contributed by atoms with E-state index in [1.54, 1.807) is 0 Å². The van der Waals surface area contributed by atoms with Gasteiger partial charge in [-0.15, -0.1) is 0 Å². The Morgan fingerprint density at radius 1 is 1.14 bits per heavy atom. The second-order valence-corrected chi connectivity index (χ2v) is 6.39. The molecule has 0 rings (SSSR count). The zero-order valence-corrected chi connectivity index (χ0v) is 14.1. The molecular weight excluding hydrogens is 268 g/mol. The van der Waals surface area contributed by atoms with Crippen LogP contribution < -0.4 is 11.1 Å². The fourth-order valence-corrected chi connectivity index (χ4v) is 2.44. The highest BCUT2D eigenvalue weighted by atomic mass is 16.5. The molecule has 0 aliphatic heterocycles. The first-order chi connectivity index (χ1) is 9.81. The van der Waals surface area contributed by atoms with E-state index in [1.807, 2.05) is 13.8 Å². The molecule has 0 saturated heterocycles. The molecule has 0 aliphatic carbocycles. The predicted octanol–water partition coefficient (Wildman–Crippen LogP) is 2.09. The van der Waals surface area contributed by atoms with E-state index in [2.05, 4.69) is 19.2 Å². The molecule has 0 heterocycles. The first-order valence-electron chi connectivity index (χ1n) is 7.89. The average Bonchev–Trinajstić information content (AvgIpc) is 2.40. The molecule has 0 aromatic heterocycles. The van der Waals surface area contributed by atoms with Crippen LogP contribution in [-0.4, -0.2) is 31.6 Å². The van der Waals surface area contributed by atoms with Crippen molar-refractivity contribution < 1.29 is 14.3 Å². The number of methoxy groups -OCH3 is 1. The van der Waals surface area contributed by atoms with Crippen molar-refractivity contribution in [3.8, 4) is 0 Å². The maximum absolute atomic E-state index is 12.0. The van der Waals surface area contributed by atoms with Gasteiger partial charge in [-0.05, 0) is 43.6 Å². The van der Waals surface area contributed by atoms with E-state index in [9.17, 15) is 9.59 Å². The summed E-state index contributed by atoms with van der Waals surface area (Å²) in [6.07, 6.45) is 2.75. The number of carbonyl (C=O) groups is 2. The van der Waals surface area contributed by atoms with E-state index in [1.165, 1.54) is 7.11 Å². The maximum Gasteiger partial charge on any atom is 0.328 e. The fraction of sp³-hybridized carbons (Fsp3) is 0.875. The molecule has 2 unspecified atom stereocenters. The third kappa shape index (κ3) is 8.71. The molecule has 5 heteroatoms. The molecule has 0 saturated carbocycles. The number of nitrogens with one attached hydrogen (secondary N) is 1. The number of ether oxygens (including phenoxy) is 1. The zero-order chi connectivity index (χ0) is 16.4. The number of hydrogen-bond donors (Lipinski definition) is 2. The van der Waals surface area contributed by atoms with Crippen molar-refractivity contribution in [3.63, 3.8) is 0 Å². The second kappa shape index (κ2) is 10.6. The Hall–Kier alpha value is -1.10. The number of hydrogen-bond acceptors (Lipinski definition) is 4. The number of esters is 1. The molecular formula is C16H32N2O3. The van der Waals surface area contributed by atoms with E-state index in [0.717, 1.165) is 12.8 Å². The van der Waals surface area contributed by atoms with Gasteiger partial charge >= 0.3 is 5.97 Å². The Morgan fingerprint density at radius 2 is 1.76 bits per heavy atom. The first-order valence-corrected chi connectivity index (χ1v) is 7.89. The van der Waals surface area contributed by atoms with Crippen molar-refractivity contribution >= 4 is 11.9 Å². The first kappa shape index (κ1) is 19.9. The Kier molecular flexibility index (Phi) is 10.0. The highest BCUT2D eigenvalue weighted by Crippen LogP contribution is 2.20. The predicted molar refractivity (Wildman–Crippen MR) is 84.6 cm³/mol. The molecule has 3 N–H and O–H groups in total. The largest absolute Gasteiger partial charge is 0.467 e. The van der Waals surface area contributed by atoms with Crippen LogP contribution in [0, 0.1) is 17.8 Å². The summed E-state index contributed by atoms with van der Waals surface area (Å²) in [7, 11) is 1.35. The Labute approximate surface area is 129 Å². The van der Waals surface area contributed by atoms with E-state index in [4.69, 9.17) is 10.5 Å². The molecule has 0 fully saturated rings. The quantitative estimate of drug-likeness (QED) is 0.605. The highest BCUT2D eigenvalue weighted by molar-refractivity contribution is 5.84. The van der Waals surface area contributed by atoms with Crippen LogP contribution in [0.3, 0.4) is 0 Å². The summed E-state index contributed by atoms with van der Waals surface area (Å²) in [6.45, 7) is 8.96. The van der Waals surface area contributed by atoms with Crippen molar-refractivity contribution in [2.75, 3.05) is 13.7 Å². The monoisotopic (exact) mass is 300 g/mol. The molecule has 0 aliphatic rings. The molecule has 124 valence electrons. The van der Waals surface area contributed by atoms with Crippen molar-refractivity contribution in [2.45, 2.75) is 59.4 Å². The van der Waals surface area contributed by atoms with Crippen LogP contribution in [0.15, 0.2) is 0 Å². The zero-order valence-electron chi connectivity index (χ0n) is 14.1. The Bertz CT molecular complexity index is 317. The molecule has 21 heavy (non-hydrogen) atoms. The van der Waals surface area contributed by atoms with Crippen LogP contribution in [0.25, 0.3) is 0 Å². The minimum atomic E-state index is -0.547. The number of amides is 1. The summed E-state index contributed by atoms with van der Waals surface area (Å²) in [6, 6.07) is -0.547. The lowest BCUT2D eigenvalue weighted by Crippen LogP contribution is -2.42. The van der Waals surface area contributed by atoms with E-state index >= 15 is 0 Å². The Morgan fingerprint density at radius 3 is 2.19 bits per heavy atom. The van der Waals surface area contributed by atoms with Crippen molar-refractivity contribution in [3.05, 3.63) is 0 Å². The second-order valence-electron chi connectivity index (χ2n) is 6.39. The summed E-state index contributed by atoms with van der Waals surface area (Å²) < 4.78 is 4.75. The fourth-order valence-electron chi connectivity index (χ4n) is 2.44. The summed E-state index contributed by atoms with van der Waals surface area (Å²) in [5, 5.41) is 2.79. The average molecular weight is 300 g/mol. The number of nitrogens with two attached hydrogens (primary N) is 1. The van der Waals surface area contributed by atoms with Crippen molar-refractivity contribution in [1.82, 2.24) is 5.32 Å². The summed E-state index contributed by atoms with van der Waals surface area (Å²) in [5.41, 5.74) is 5.61. The number of carbonyl (C=O) groups excluding carboxylic acids is 2. The van der Waals surface area contributed by atoms with Gasteiger partial charge in [0.1, 0.15) is 6.04 Å². The molecule has 0 aromatic carbocycles. The van der Waals surface area contributed by atoms with Gasteiger partial charge < -0.3 is 15.8 Å². The molecule has 2 atom stereocenters. The lowest BCUT2D eigenvalue weighted by molar-refractivity contribution is -0.145. The topological polar surface area (TPSA) is 81.4 Å². The summed E-state index contributed by atoms with van der Waals surface area (Å²) in [5.74, 6) is 0.805. The lowest BCUT2D eigenvalue weighted by atomic mass is 9.88. The van der Waals surface area contributed by atoms with Crippen molar-refractivity contribution in [1.29, 1.82) is 0 Å². The van der Waals surface area contributed by atoms with Gasteiger partial charge in [-0.3, -0.25) is 4.79 Å². The van der Waals surface area contributed by atoms with Crippen LogP contribution in [0.1, 0.15) is 53.4 Å². The van der Waals surface area contributed by atoms with Crippen LogP contribution >= 0.6 is 0 Å². The summed E-state index contributed by atoms with van der Waals surface area (Å²) >= 11 is 0. The SMILES string of the molecule is COC(=O)C(CC(C)C)NC(=O)CCC(CCN)C(C)C. The van der Waals surface area contributed by atoms with Gasteiger partial charge in [0.05, 0.1) is 7.11 Å². The van der Waals surface area contributed by atoms with Gasteiger partial charge in [-0.1, -0.05) is 27.7 Å². The molecule has 1 amide bonds. The van der Waals surface area contributed by atoms with E-state index < -0.39 is 6.04 Å². The standard InChI is InChI=1S/C16H32N2O3/c1-11(2)10-14(16(20)21-5)18-15(19)7-6-13(8-9-17)12(3)4/h11-14H,6-10,17H2,1-5H3,(H,18,19). The van der Waals surface area contributed by atoms with Crippen LogP contribution in [0.2, 0.25) is 0 Å². The van der Waals surface area contributed by atoms with Crippen LogP contribution in [0.4, 0.5) is 0 Å². The molecule has 0 spiro atoms. The highest BCUT2D eigenvalue weighted by Gasteiger charge is 2.23.